The number of hydrogen-bond donors (Lipinski definition) is 0. The molecule has 6 heteroatoms. The van der Waals surface area contributed by atoms with E-state index in [0.717, 1.165) is 19.8 Å². The molecule has 0 aliphatic rings. The Hall–Kier alpha value is 0.420. The summed E-state index contributed by atoms with van der Waals surface area (Å²) in [5.41, 5.74) is 0. The van der Waals surface area contributed by atoms with E-state index in [1.807, 2.05) is 0 Å². The quantitative estimate of drug-likeness (QED) is 0.315. The van der Waals surface area contributed by atoms with Crippen LogP contribution in [-0.2, 0) is 19.1 Å². The molecule has 0 amide bonds. The van der Waals surface area contributed by atoms with Gasteiger partial charge in [-0.25, -0.2) is 0 Å². The van der Waals surface area contributed by atoms with E-state index >= 15 is 0 Å². The van der Waals surface area contributed by atoms with Gasteiger partial charge in [-0.05, 0) is 6.42 Å². The van der Waals surface area contributed by atoms with Gasteiger partial charge in [0.1, 0.15) is 0 Å². The van der Waals surface area contributed by atoms with Gasteiger partial charge >= 0.3 is 45.6 Å². The first-order chi connectivity index (χ1) is 8.98. The molecule has 116 valence electrons. The molecular weight excluding hydrogens is 287 g/mol. The first-order valence-corrected chi connectivity index (χ1v) is 8.98. The summed E-state index contributed by atoms with van der Waals surface area (Å²) >= 11 is 0. The van der Waals surface area contributed by atoms with E-state index in [0.29, 0.717) is 6.42 Å². The molecule has 0 aromatic heterocycles. The SMILES string of the molecule is CCCCCCCCCCCCS(=O)(=O)OC(C)=O.[NaH]. The van der Waals surface area contributed by atoms with Crippen molar-refractivity contribution in [2.45, 2.75) is 78.1 Å². The van der Waals surface area contributed by atoms with Crippen LogP contribution in [0.3, 0.4) is 0 Å². The first kappa shape index (κ1) is 22.7. The Kier molecular flexibility index (Phi) is 16.3. The van der Waals surface area contributed by atoms with Gasteiger partial charge in [0.05, 0.1) is 5.75 Å². The van der Waals surface area contributed by atoms with Crippen molar-refractivity contribution in [2.75, 3.05) is 5.75 Å². The molecule has 20 heavy (non-hydrogen) atoms. The molecule has 0 saturated carbocycles. The molecule has 0 unspecified atom stereocenters. The summed E-state index contributed by atoms with van der Waals surface area (Å²) in [6.07, 6.45) is 11.5. The Morgan fingerprint density at radius 1 is 0.850 bits per heavy atom. The predicted octanol–water partition coefficient (Wildman–Crippen LogP) is 3.15. The van der Waals surface area contributed by atoms with Crippen molar-refractivity contribution < 1.29 is 17.4 Å². The second kappa shape index (κ2) is 14.4. The van der Waals surface area contributed by atoms with Gasteiger partial charge in [-0.15, -0.1) is 0 Å². The van der Waals surface area contributed by atoms with Crippen LogP contribution < -0.4 is 0 Å². The maximum atomic E-state index is 11.2. The second-order valence-corrected chi connectivity index (χ2v) is 6.71. The van der Waals surface area contributed by atoms with Crippen LogP contribution in [0, 0.1) is 0 Å². The Bertz CT molecular complexity index is 328. The first-order valence-electron chi connectivity index (χ1n) is 7.40. The summed E-state index contributed by atoms with van der Waals surface area (Å²) in [5.74, 6) is -0.810. The molecule has 0 spiro atoms. The zero-order chi connectivity index (χ0) is 14.6. The van der Waals surface area contributed by atoms with Gasteiger partial charge in [-0.2, -0.15) is 8.42 Å². The fourth-order valence-electron chi connectivity index (χ4n) is 1.99. The van der Waals surface area contributed by atoms with Crippen LogP contribution in [0.15, 0.2) is 0 Å². The average molecular weight is 316 g/mol. The molecule has 0 atom stereocenters. The Morgan fingerprint density at radius 2 is 1.25 bits per heavy atom. The van der Waals surface area contributed by atoms with Crippen LogP contribution in [0.5, 0.6) is 0 Å². The van der Waals surface area contributed by atoms with Crippen LogP contribution in [0.25, 0.3) is 0 Å². The van der Waals surface area contributed by atoms with E-state index < -0.39 is 16.1 Å². The number of rotatable bonds is 12. The van der Waals surface area contributed by atoms with Crippen molar-refractivity contribution in [3.05, 3.63) is 0 Å². The van der Waals surface area contributed by atoms with Gasteiger partial charge in [0.15, 0.2) is 0 Å². The zero-order valence-electron chi connectivity index (χ0n) is 12.3. The van der Waals surface area contributed by atoms with Crippen LogP contribution in [0.4, 0.5) is 0 Å². The molecule has 4 nitrogen and oxygen atoms in total. The second-order valence-electron chi connectivity index (χ2n) is 5.02. The zero-order valence-corrected chi connectivity index (χ0v) is 13.1. The Morgan fingerprint density at radius 3 is 1.65 bits per heavy atom. The van der Waals surface area contributed by atoms with Crippen LogP contribution in [-0.4, -0.2) is 49.7 Å². The van der Waals surface area contributed by atoms with Crippen molar-refractivity contribution in [1.82, 2.24) is 0 Å². The van der Waals surface area contributed by atoms with E-state index in [-0.39, 0.29) is 35.3 Å². The number of hydrogen-bond acceptors (Lipinski definition) is 4. The fourth-order valence-corrected chi connectivity index (χ4v) is 2.99. The standard InChI is InChI=1S/C14H28O4S.Na.H/c1-3-4-5-6-7-8-9-10-11-12-13-19(16,17)18-14(2)15;;/h3-13H2,1-2H3;;. The number of carbonyl (C=O) groups is 1. The average Bonchev–Trinajstić information content (AvgIpc) is 2.30. The van der Waals surface area contributed by atoms with E-state index in [2.05, 4.69) is 11.1 Å². The Labute approximate surface area is 146 Å². The molecule has 0 radical (unpaired) electrons. The molecule has 0 N–H and O–H groups in total. The molecule has 0 fully saturated rings. The summed E-state index contributed by atoms with van der Waals surface area (Å²) < 4.78 is 26.7. The van der Waals surface area contributed by atoms with E-state index in [1.54, 1.807) is 0 Å². The third-order valence-electron chi connectivity index (χ3n) is 2.99. The van der Waals surface area contributed by atoms with Crippen molar-refractivity contribution in [3.63, 3.8) is 0 Å². The summed E-state index contributed by atoms with van der Waals surface area (Å²) in [5, 5.41) is 0. The molecule has 0 aromatic carbocycles. The molecule has 0 aliphatic heterocycles. The van der Waals surface area contributed by atoms with Gasteiger partial charge < -0.3 is 4.18 Å². The molecule has 0 rings (SSSR count). The maximum absolute atomic E-state index is 11.2. The van der Waals surface area contributed by atoms with Crippen LogP contribution in [0.2, 0.25) is 0 Å². The van der Waals surface area contributed by atoms with Gasteiger partial charge in [0.25, 0.3) is 0 Å². The van der Waals surface area contributed by atoms with Gasteiger partial charge in [-0.3, -0.25) is 4.79 Å². The van der Waals surface area contributed by atoms with Crippen LogP contribution in [0.1, 0.15) is 78.1 Å². The van der Waals surface area contributed by atoms with E-state index in [1.165, 1.54) is 44.9 Å². The third-order valence-corrected chi connectivity index (χ3v) is 4.27. The summed E-state index contributed by atoms with van der Waals surface area (Å²) in [6.45, 7) is 3.32. The summed E-state index contributed by atoms with van der Waals surface area (Å²) in [4.78, 5) is 10.5. The van der Waals surface area contributed by atoms with Crippen molar-refractivity contribution >= 4 is 45.6 Å². The third kappa shape index (κ3) is 16.5. The Balaban J connectivity index is 0. The minimum absolute atomic E-state index is 0. The topological polar surface area (TPSA) is 60.4 Å². The monoisotopic (exact) mass is 316 g/mol. The van der Waals surface area contributed by atoms with Crippen LogP contribution >= 0.6 is 0 Å². The summed E-state index contributed by atoms with van der Waals surface area (Å²) in [6, 6.07) is 0. The van der Waals surface area contributed by atoms with E-state index in [9.17, 15) is 13.2 Å². The molecule has 0 bridgehead atoms. The van der Waals surface area contributed by atoms with Gasteiger partial charge in [-0.1, -0.05) is 64.7 Å². The van der Waals surface area contributed by atoms with E-state index in [4.69, 9.17) is 0 Å². The molecule has 0 saturated heterocycles. The van der Waals surface area contributed by atoms with Crippen molar-refractivity contribution in [1.29, 1.82) is 0 Å². The normalized spacial score (nSPS) is 10.9. The van der Waals surface area contributed by atoms with Gasteiger partial charge in [0.2, 0.25) is 0 Å². The molecule has 0 aliphatic carbocycles. The van der Waals surface area contributed by atoms with Crippen molar-refractivity contribution in [2.24, 2.45) is 0 Å². The number of unbranched alkanes of at least 4 members (excludes halogenated alkanes) is 9. The van der Waals surface area contributed by atoms with Gasteiger partial charge in [0, 0.05) is 6.92 Å². The molecule has 0 heterocycles. The fraction of sp³-hybridized carbons (Fsp3) is 0.929. The van der Waals surface area contributed by atoms with Crippen molar-refractivity contribution in [3.8, 4) is 0 Å². The summed E-state index contributed by atoms with van der Waals surface area (Å²) in [7, 11) is -3.64. The predicted molar refractivity (Wildman–Crippen MR) is 84.5 cm³/mol. The molecule has 0 aromatic rings. The molecular formula is C14H29NaO4S. The number of carbonyl (C=O) groups excluding carboxylic acids is 1. The minimum atomic E-state index is -3.64.